The van der Waals surface area contributed by atoms with Crippen LogP contribution in [0, 0.1) is 6.92 Å². The van der Waals surface area contributed by atoms with Gasteiger partial charge in [-0.05, 0) is 55.8 Å². The van der Waals surface area contributed by atoms with Gasteiger partial charge in [0, 0.05) is 44.6 Å². The van der Waals surface area contributed by atoms with Crippen LogP contribution in [0.25, 0.3) is 11.7 Å². The number of amides is 1. The van der Waals surface area contributed by atoms with E-state index >= 15 is 0 Å². The van der Waals surface area contributed by atoms with Gasteiger partial charge in [-0.3, -0.25) is 18.9 Å². The second-order valence-corrected chi connectivity index (χ2v) is 10.4. The fourth-order valence-electron chi connectivity index (χ4n) is 4.49. The Kier molecular flexibility index (Phi) is 6.72. The number of aryl methyl sites for hydroxylation is 1. The molecule has 2 aromatic heterocycles. The van der Waals surface area contributed by atoms with Crippen LogP contribution in [0.15, 0.2) is 52.3 Å². The lowest BCUT2D eigenvalue weighted by molar-refractivity contribution is -0.121. The normalized spacial score (nSPS) is 17.5. The topological polar surface area (TPSA) is 70.4 Å². The molecule has 2 aliphatic heterocycles. The predicted molar refractivity (Wildman–Crippen MR) is 149 cm³/mol. The second kappa shape index (κ2) is 9.94. The Hall–Kier alpha value is -3.37. The highest BCUT2D eigenvalue weighted by Crippen LogP contribution is 2.33. The van der Waals surface area contributed by atoms with E-state index in [1.165, 1.54) is 11.8 Å². The van der Waals surface area contributed by atoms with Crippen molar-refractivity contribution in [3.05, 3.63) is 69.0 Å². The van der Waals surface area contributed by atoms with E-state index in [0.29, 0.717) is 45.9 Å². The molecule has 2 fully saturated rings. The van der Waals surface area contributed by atoms with E-state index in [9.17, 15) is 9.59 Å². The first-order valence-electron chi connectivity index (χ1n) is 11.8. The van der Waals surface area contributed by atoms with Gasteiger partial charge < -0.3 is 14.5 Å². The van der Waals surface area contributed by atoms with E-state index in [4.69, 9.17) is 21.9 Å². The fraction of sp³-hybridized carbons (Fsp3) is 0.308. The Labute approximate surface area is 219 Å². The number of hydrogen-bond acceptors (Lipinski definition) is 8. The summed E-state index contributed by atoms with van der Waals surface area (Å²) in [6.07, 6.45) is 3.45. The van der Waals surface area contributed by atoms with E-state index in [2.05, 4.69) is 21.9 Å². The number of likely N-dealkylation sites (N-methyl/N-ethyl adjacent to an activating group) is 1. The van der Waals surface area contributed by atoms with Gasteiger partial charge in [-0.25, -0.2) is 4.98 Å². The number of benzene rings is 1. The minimum absolute atomic E-state index is 0.170. The molecule has 0 bridgehead atoms. The first-order chi connectivity index (χ1) is 17.4. The molecular weight excluding hydrogens is 494 g/mol. The van der Waals surface area contributed by atoms with Crippen LogP contribution in [0.5, 0.6) is 5.75 Å². The summed E-state index contributed by atoms with van der Waals surface area (Å²) in [5, 5.41) is 0. The van der Waals surface area contributed by atoms with Crippen molar-refractivity contribution in [2.24, 2.45) is 0 Å². The highest BCUT2D eigenvalue weighted by molar-refractivity contribution is 8.26. The summed E-state index contributed by atoms with van der Waals surface area (Å²) in [6, 6.07) is 11.8. The lowest BCUT2D eigenvalue weighted by Crippen LogP contribution is -2.47. The Morgan fingerprint density at radius 3 is 2.39 bits per heavy atom. The number of nitrogens with zero attached hydrogens (tertiary/aromatic N) is 5. The Morgan fingerprint density at radius 1 is 1.06 bits per heavy atom. The number of carbonyl (C=O) groups is 1. The standard InChI is InChI=1S/C26H27N5O3S2/c1-4-30-25(33)21(36-26(30)35)15-20-23(27-22-10-5-17(2)16-31(22)24(20)32)29-13-11-28(12-14-29)18-6-8-19(34-3)9-7-18/h5-10,15-16H,4,11-14H2,1-3H3/b21-15-. The summed E-state index contributed by atoms with van der Waals surface area (Å²) in [7, 11) is 1.66. The van der Waals surface area contributed by atoms with Crippen molar-refractivity contribution in [3.63, 3.8) is 0 Å². The SMILES string of the molecule is CCN1C(=O)/C(=C/c2c(N3CCN(c4ccc(OC)cc4)CC3)nc3ccc(C)cn3c2=O)SC1=S. The maximum atomic E-state index is 13.7. The quantitative estimate of drug-likeness (QED) is 0.373. The molecule has 0 N–H and O–H groups in total. The lowest BCUT2D eigenvalue weighted by atomic mass is 10.2. The summed E-state index contributed by atoms with van der Waals surface area (Å²) in [4.78, 5) is 37.9. The van der Waals surface area contributed by atoms with Crippen LogP contribution in [0.3, 0.4) is 0 Å². The number of ether oxygens (including phenoxy) is 1. The zero-order valence-corrected chi connectivity index (χ0v) is 22.1. The van der Waals surface area contributed by atoms with Crippen LogP contribution in [0.1, 0.15) is 18.1 Å². The van der Waals surface area contributed by atoms with Crippen molar-refractivity contribution in [1.82, 2.24) is 14.3 Å². The number of hydrogen-bond donors (Lipinski definition) is 0. The van der Waals surface area contributed by atoms with Crippen LogP contribution in [0.2, 0.25) is 0 Å². The minimum Gasteiger partial charge on any atom is -0.497 e. The molecule has 0 aliphatic carbocycles. The van der Waals surface area contributed by atoms with Gasteiger partial charge in [-0.15, -0.1) is 0 Å². The molecule has 4 heterocycles. The van der Waals surface area contributed by atoms with E-state index in [1.807, 2.05) is 38.1 Å². The van der Waals surface area contributed by atoms with Gasteiger partial charge in [0.15, 0.2) is 0 Å². The number of aromatic nitrogens is 2. The van der Waals surface area contributed by atoms with Crippen molar-refractivity contribution in [1.29, 1.82) is 0 Å². The van der Waals surface area contributed by atoms with Crippen molar-refractivity contribution >= 4 is 57.4 Å². The van der Waals surface area contributed by atoms with Crippen molar-refractivity contribution in [2.45, 2.75) is 13.8 Å². The van der Waals surface area contributed by atoms with Crippen LogP contribution in [0.4, 0.5) is 11.5 Å². The number of pyridine rings is 1. The number of thiocarbonyl (C=S) groups is 1. The summed E-state index contributed by atoms with van der Waals surface area (Å²) >= 11 is 6.61. The van der Waals surface area contributed by atoms with Crippen LogP contribution >= 0.6 is 24.0 Å². The molecule has 0 saturated carbocycles. The molecule has 0 atom stereocenters. The smallest absolute Gasteiger partial charge is 0.267 e. The maximum Gasteiger partial charge on any atom is 0.267 e. The number of anilines is 2. The Balaban J connectivity index is 1.51. The molecule has 2 aliphatic rings. The molecule has 8 nitrogen and oxygen atoms in total. The number of piperazine rings is 1. The maximum absolute atomic E-state index is 13.7. The average Bonchev–Trinajstić information content (AvgIpc) is 3.17. The van der Waals surface area contributed by atoms with Gasteiger partial charge >= 0.3 is 0 Å². The first-order valence-corrected chi connectivity index (χ1v) is 13.0. The Bertz CT molecular complexity index is 1430. The lowest BCUT2D eigenvalue weighted by Gasteiger charge is -2.37. The summed E-state index contributed by atoms with van der Waals surface area (Å²) in [5.41, 5.74) is 2.87. The van der Waals surface area contributed by atoms with Crippen LogP contribution < -0.4 is 20.1 Å². The number of fused-ring (bicyclic) bond motifs is 1. The third-order valence-corrected chi connectivity index (χ3v) is 7.85. The van der Waals surface area contributed by atoms with E-state index < -0.39 is 0 Å². The third kappa shape index (κ3) is 4.46. The van der Waals surface area contributed by atoms with Crippen LogP contribution in [-0.2, 0) is 4.79 Å². The molecule has 2 saturated heterocycles. The van der Waals surface area contributed by atoms with Gasteiger partial charge in [0.2, 0.25) is 0 Å². The van der Waals surface area contributed by atoms with E-state index in [1.54, 1.807) is 28.7 Å². The molecule has 1 amide bonds. The van der Waals surface area contributed by atoms with Gasteiger partial charge in [0.1, 0.15) is 21.5 Å². The van der Waals surface area contributed by atoms with Gasteiger partial charge in [-0.2, -0.15) is 0 Å². The highest BCUT2D eigenvalue weighted by atomic mass is 32.2. The van der Waals surface area contributed by atoms with Gasteiger partial charge in [-0.1, -0.05) is 30.0 Å². The Morgan fingerprint density at radius 2 is 1.75 bits per heavy atom. The first kappa shape index (κ1) is 24.3. The van der Waals surface area contributed by atoms with E-state index in [-0.39, 0.29) is 11.5 Å². The third-order valence-electron chi connectivity index (χ3n) is 6.47. The predicted octanol–water partition coefficient (Wildman–Crippen LogP) is 3.56. The largest absolute Gasteiger partial charge is 0.497 e. The van der Waals surface area contributed by atoms with Crippen LogP contribution in [-0.4, -0.2) is 64.3 Å². The summed E-state index contributed by atoms with van der Waals surface area (Å²) < 4.78 is 7.33. The number of carbonyl (C=O) groups excluding carboxylic acids is 1. The number of methoxy groups -OCH3 is 1. The highest BCUT2D eigenvalue weighted by Gasteiger charge is 2.32. The molecule has 5 rings (SSSR count). The molecule has 0 unspecified atom stereocenters. The molecule has 0 radical (unpaired) electrons. The van der Waals surface area contributed by atoms with Crippen molar-refractivity contribution < 1.29 is 9.53 Å². The molecule has 186 valence electrons. The number of rotatable bonds is 5. The average molecular weight is 522 g/mol. The van der Waals surface area contributed by atoms with E-state index in [0.717, 1.165) is 30.1 Å². The summed E-state index contributed by atoms with van der Waals surface area (Å²) in [6.45, 7) is 7.25. The molecule has 36 heavy (non-hydrogen) atoms. The molecule has 1 aromatic carbocycles. The van der Waals surface area contributed by atoms with Gasteiger partial charge in [0.25, 0.3) is 11.5 Å². The zero-order valence-electron chi connectivity index (χ0n) is 20.4. The van der Waals surface area contributed by atoms with Crippen molar-refractivity contribution in [3.8, 4) is 5.75 Å². The minimum atomic E-state index is -0.196. The molecule has 0 spiro atoms. The molecule has 3 aromatic rings. The summed E-state index contributed by atoms with van der Waals surface area (Å²) in [5.74, 6) is 1.25. The molecular formula is C26H27N5O3S2. The number of thioether (sulfide) groups is 1. The fourth-order valence-corrected chi connectivity index (χ4v) is 5.85. The zero-order chi connectivity index (χ0) is 25.4. The van der Waals surface area contributed by atoms with Gasteiger partial charge in [0.05, 0.1) is 17.6 Å². The second-order valence-electron chi connectivity index (χ2n) is 8.69. The monoisotopic (exact) mass is 521 g/mol. The van der Waals surface area contributed by atoms with Crippen molar-refractivity contribution in [2.75, 3.05) is 49.6 Å². The molecule has 10 heteroatoms.